The molecule has 0 aromatic heterocycles. The molecule has 1 atom stereocenters. The van der Waals surface area contributed by atoms with Crippen LogP contribution in [-0.2, 0) is 0 Å². The summed E-state index contributed by atoms with van der Waals surface area (Å²) in [4.78, 5) is 0. The predicted molar refractivity (Wildman–Crippen MR) is 59.3 cm³/mol. The molecule has 1 heteroatoms. The van der Waals surface area contributed by atoms with E-state index >= 15 is 0 Å². The van der Waals surface area contributed by atoms with Gasteiger partial charge in [-0.25, -0.2) is 0 Å². The molecule has 1 aliphatic rings. The smallest absolute Gasteiger partial charge is 0.112 e. The Bertz CT molecular complexity index is 311. The molecule has 0 saturated carbocycles. The van der Waals surface area contributed by atoms with E-state index in [9.17, 15) is 0 Å². The van der Waals surface area contributed by atoms with Crippen molar-refractivity contribution >= 4 is 0 Å². The van der Waals surface area contributed by atoms with Gasteiger partial charge in [0, 0.05) is 12.0 Å². The molecular formula is C13H20N+. The van der Waals surface area contributed by atoms with Gasteiger partial charge in [-0.2, -0.15) is 0 Å². The second kappa shape index (κ2) is 4.14. The number of rotatable bonds is 1. The van der Waals surface area contributed by atoms with Crippen molar-refractivity contribution in [1.29, 1.82) is 0 Å². The summed E-state index contributed by atoms with van der Waals surface area (Å²) < 4.78 is 0. The summed E-state index contributed by atoms with van der Waals surface area (Å²) in [6.45, 7) is 5.72. The van der Waals surface area contributed by atoms with Crippen LogP contribution < -0.4 is 5.32 Å². The van der Waals surface area contributed by atoms with E-state index in [-0.39, 0.29) is 0 Å². The lowest BCUT2D eigenvalue weighted by atomic mass is 9.93. The van der Waals surface area contributed by atoms with Crippen LogP contribution in [-0.4, -0.2) is 6.54 Å². The van der Waals surface area contributed by atoms with E-state index in [1.165, 1.54) is 36.9 Å². The molecule has 0 spiro atoms. The van der Waals surface area contributed by atoms with Crippen LogP contribution in [0.2, 0.25) is 0 Å². The molecule has 1 aromatic rings. The van der Waals surface area contributed by atoms with Gasteiger partial charge in [0.1, 0.15) is 6.04 Å². The molecule has 76 valence electrons. The molecule has 1 aromatic carbocycles. The third-order valence-electron chi connectivity index (χ3n) is 3.25. The number of piperidine rings is 1. The quantitative estimate of drug-likeness (QED) is 0.698. The van der Waals surface area contributed by atoms with Gasteiger partial charge in [-0.1, -0.05) is 17.7 Å². The molecule has 2 N–H and O–H groups in total. The molecule has 1 heterocycles. The second-order valence-electron chi connectivity index (χ2n) is 4.49. The Morgan fingerprint density at radius 3 is 2.79 bits per heavy atom. The molecule has 0 bridgehead atoms. The van der Waals surface area contributed by atoms with Crippen molar-refractivity contribution in [2.24, 2.45) is 0 Å². The maximum atomic E-state index is 2.51. The molecular weight excluding hydrogens is 170 g/mol. The van der Waals surface area contributed by atoms with Gasteiger partial charge in [-0.05, 0) is 38.3 Å². The van der Waals surface area contributed by atoms with E-state index in [4.69, 9.17) is 0 Å². The van der Waals surface area contributed by atoms with Gasteiger partial charge >= 0.3 is 0 Å². The molecule has 14 heavy (non-hydrogen) atoms. The molecule has 0 unspecified atom stereocenters. The first-order valence-electron chi connectivity index (χ1n) is 5.68. The fourth-order valence-corrected chi connectivity index (χ4v) is 2.39. The van der Waals surface area contributed by atoms with Crippen LogP contribution in [0.4, 0.5) is 0 Å². The number of hydrogen-bond acceptors (Lipinski definition) is 0. The SMILES string of the molecule is Cc1ccc(C)c([C@H]2CCCC[NH2+]2)c1. The Morgan fingerprint density at radius 1 is 1.21 bits per heavy atom. The fraction of sp³-hybridized carbons (Fsp3) is 0.538. The van der Waals surface area contributed by atoms with E-state index in [1.54, 1.807) is 5.56 Å². The Balaban J connectivity index is 2.24. The van der Waals surface area contributed by atoms with Gasteiger partial charge in [0.2, 0.25) is 0 Å². The summed E-state index contributed by atoms with van der Waals surface area (Å²) in [5.74, 6) is 0. The summed E-state index contributed by atoms with van der Waals surface area (Å²) in [6, 6.07) is 7.56. The molecule has 0 aliphatic carbocycles. The van der Waals surface area contributed by atoms with Crippen molar-refractivity contribution in [2.75, 3.05) is 6.54 Å². The zero-order valence-corrected chi connectivity index (χ0v) is 9.22. The topological polar surface area (TPSA) is 16.6 Å². The summed E-state index contributed by atoms with van der Waals surface area (Å²) >= 11 is 0. The maximum absolute atomic E-state index is 2.51. The molecule has 1 nitrogen and oxygen atoms in total. The second-order valence-corrected chi connectivity index (χ2v) is 4.49. The lowest BCUT2D eigenvalue weighted by molar-refractivity contribution is -0.704. The lowest BCUT2D eigenvalue weighted by Gasteiger charge is -2.22. The third kappa shape index (κ3) is 1.98. The lowest BCUT2D eigenvalue weighted by Crippen LogP contribution is -2.86. The minimum atomic E-state index is 0.726. The monoisotopic (exact) mass is 190 g/mol. The predicted octanol–water partition coefficient (Wildman–Crippen LogP) is 2.09. The molecule has 1 saturated heterocycles. The zero-order chi connectivity index (χ0) is 9.97. The number of benzene rings is 1. The normalized spacial score (nSPS) is 22.3. The van der Waals surface area contributed by atoms with Gasteiger partial charge in [-0.15, -0.1) is 0 Å². The van der Waals surface area contributed by atoms with Gasteiger partial charge in [0.05, 0.1) is 6.54 Å². The average molecular weight is 190 g/mol. The third-order valence-corrected chi connectivity index (χ3v) is 3.25. The van der Waals surface area contributed by atoms with Crippen molar-refractivity contribution < 1.29 is 5.32 Å². The van der Waals surface area contributed by atoms with Gasteiger partial charge in [0.15, 0.2) is 0 Å². The Hall–Kier alpha value is -0.820. The van der Waals surface area contributed by atoms with Crippen molar-refractivity contribution in [2.45, 2.75) is 39.2 Å². The first-order chi connectivity index (χ1) is 6.77. The van der Waals surface area contributed by atoms with Gasteiger partial charge in [-0.3, -0.25) is 0 Å². The summed E-state index contributed by atoms with van der Waals surface area (Å²) in [5, 5.41) is 2.51. The van der Waals surface area contributed by atoms with Crippen molar-refractivity contribution in [3.05, 3.63) is 34.9 Å². The van der Waals surface area contributed by atoms with Crippen LogP contribution in [0.1, 0.15) is 42.0 Å². The molecule has 1 aliphatic heterocycles. The zero-order valence-electron chi connectivity index (χ0n) is 9.22. The van der Waals surface area contributed by atoms with E-state index in [2.05, 4.69) is 37.4 Å². The Kier molecular flexibility index (Phi) is 2.87. The summed E-state index contributed by atoms with van der Waals surface area (Å²) in [5.41, 5.74) is 4.41. The minimum absolute atomic E-state index is 0.726. The molecule has 1 fully saturated rings. The molecule has 0 radical (unpaired) electrons. The minimum Gasteiger partial charge on any atom is -0.340 e. The largest absolute Gasteiger partial charge is 0.340 e. The standard InChI is InChI=1S/C13H19N/c1-10-6-7-11(2)12(9-10)13-5-3-4-8-14-13/h6-7,9,13-14H,3-5,8H2,1-2H3/p+1/t13-/m1/s1. The van der Waals surface area contributed by atoms with Crippen LogP contribution >= 0.6 is 0 Å². The fourth-order valence-electron chi connectivity index (χ4n) is 2.39. The van der Waals surface area contributed by atoms with E-state index < -0.39 is 0 Å². The highest BCUT2D eigenvalue weighted by Gasteiger charge is 2.19. The van der Waals surface area contributed by atoms with E-state index in [0.717, 1.165) is 6.04 Å². The Labute approximate surface area is 86.5 Å². The van der Waals surface area contributed by atoms with Crippen LogP contribution in [0.5, 0.6) is 0 Å². The van der Waals surface area contributed by atoms with Crippen LogP contribution in [0, 0.1) is 13.8 Å². The Morgan fingerprint density at radius 2 is 2.07 bits per heavy atom. The maximum Gasteiger partial charge on any atom is 0.112 e. The van der Waals surface area contributed by atoms with Crippen molar-refractivity contribution in [1.82, 2.24) is 0 Å². The highest BCUT2D eigenvalue weighted by atomic mass is 14.9. The first kappa shape index (κ1) is 9.72. The van der Waals surface area contributed by atoms with Gasteiger partial charge < -0.3 is 5.32 Å². The van der Waals surface area contributed by atoms with Crippen molar-refractivity contribution in [3.63, 3.8) is 0 Å². The average Bonchev–Trinajstić information content (AvgIpc) is 2.23. The van der Waals surface area contributed by atoms with Crippen LogP contribution in [0.25, 0.3) is 0 Å². The number of quaternary nitrogens is 1. The summed E-state index contributed by atoms with van der Waals surface area (Å²) in [7, 11) is 0. The van der Waals surface area contributed by atoms with Gasteiger partial charge in [0.25, 0.3) is 0 Å². The number of aryl methyl sites for hydroxylation is 2. The highest BCUT2D eigenvalue weighted by Crippen LogP contribution is 2.22. The van der Waals surface area contributed by atoms with E-state index in [0.29, 0.717) is 0 Å². The summed E-state index contributed by atoms with van der Waals surface area (Å²) in [6.07, 6.45) is 4.14. The van der Waals surface area contributed by atoms with E-state index in [1.807, 2.05) is 0 Å². The molecule has 2 rings (SSSR count). The number of hydrogen-bond donors (Lipinski definition) is 1. The number of nitrogens with two attached hydrogens (primary N) is 1. The van der Waals surface area contributed by atoms with Crippen LogP contribution in [0.3, 0.4) is 0 Å². The van der Waals surface area contributed by atoms with Crippen molar-refractivity contribution in [3.8, 4) is 0 Å². The molecule has 0 amide bonds. The van der Waals surface area contributed by atoms with Crippen LogP contribution in [0.15, 0.2) is 18.2 Å². The highest BCUT2D eigenvalue weighted by molar-refractivity contribution is 5.32. The first-order valence-corrected chi connectivity index (χ1v) is 5.68.